The first-order valence-electron chi connectivity index (χ1n) is 7.79. The maximum Gasteiger partial charge on any atom is 0.269 e. The second-order valence-corrected chi connectivity index (χ2v) is 5.95. The Kier molecular flexibility index (Phi) is 5.30. The molecule has 1 aromatic carbocycles. The van der Waals surface area contributed by atoms with Gasteiger partial charge in [0.15, 0.2) is 5.82 Å². The lowest BCUT2D eigenvalue weighted by molar-refractivity contribution is 0.0949. The predicted molar refractivity (Wildman–Crippen MR) is 96.2 cm³/mol. The molecule has 6 nitrogen and oxygen atoms in total. The lowest BCUT2D eigenvalue weighted by Crippen LogP contribution is -2.26. The number of carbonyl (C=O) groups excluding carboxylic acids is 1. The van der Waals surface area contributed by atoms with Gasteiger partial charge in [0, 0.05) is 17.6 Å². The van der Waals surface area contributed by atoms with Gasteiger partial charge in [0.25, 0.3) is 5.91 Å². The van der Waals surface area contributed by atoms with Crippen molar-refractivity contribution in [3.8, 4) is 0 Å². The number of nitrogens with zero attached hydrogens (tertiary/aromatic N) is 2. The number of hydrogen-bond acceptors (Lipinski definition) is 5. The van der Waals surface area contributed by atoms with Gasteiger partial charge in [-0.05, 0) is 43.2 Å². The lowest BCUT2D eigenvalue weighted by atomic mass is 10.1. The van der Waals surface area contributed by atoms with Crippen molar-refractivity contribution in [1.82, 2.24) is 15.5 Å². The van der Waals surface area contributed by atoms with Gasteiger partial charge in [-0.25, -0.2) is 4.98 Å². The fourth-order valence-corrected chi connectivity index (χ4v) is 2.36. The van der Waals surface area contributed by atoms with Crippen LogP contribution < -0.4 is 10.6 Å². The molecule has 0 aliphatic carbocycles. The Balaban J connectivity index is 1.51. The molecule has 2 aromatic heterocycles. The molecular formula is C18H17ClN4O2. The van der Waals surface area contributed by atoms with Crippen molar-refractivity contribution >= 4 is 29.0 Å². The van der Waals surface area contributed by atoms with Crippen LogP contribution in [0.5, 0.6) is 0 Å². The van der Waals surface area contributed by atoms with Crippen LogP contribution in [0.2, 0.25) is 5.02 Å². The fourth-order valence-electron chi connectivity index (χ4n) is 2.24. The molecule has 0 saturated heterocycles. The van der Waals surface area contributed by atoms with Gasteiger partial charge in [0.2, 0.25) is 0 Å². The van der Waals surface area contributed by atoms with Crippen LogP contribution in [0.3, 0.4) is 0 Å². The van der Waals surface area contributed by atoms with Crippen molar-refractivity contribution in [2.45, 2.75) is 13.3 Å². The summed E-state index contributed by atoms with van der Waals surface area (Å²) in [5.41, 5.74) is 2.20. The fraction of sp³-hybridized carbons (Fsp3) is 0.167. The number of halogens is 1. The summed E-state index contributed by atoms with van der Waals surface area (Å²) in [4.78, 5) is 16.3. The Labute approximate surface area is 150 Å². The van der Waals surface area contributed by atoms with Gasteiger partial charge < -0.3 is 15.2 Å². The van der Waals surface area contributed by atoms with Crippen molar-refractivity contribution in [3.63, 3.8) is 0 Å². The molecule has 0 unspecified atom stereocenters. The van der Waals surface area contributed by atoms with Crippen LogP contribution >= 0.6 is 11.6 Å². The summed E-state index contributed by atoms with van der Waals surface area (Å²) in [5, 5.41) is 10.4. The number of rotatable bonds is 6. The van der Waals surface area contributed by atoms with Crippen molar-refractivity contribution in [1.29, 1.82) is 0 Å². The summed E-state index contributed by atoms with van der Waals surface area (Å²) >= 11 is 5.85. The number of benzene rings is 1. The van der Waals surface area contributed by atoms with E-state index in [2.05, 4.69) is 20.8 Å². The molecule has 128 valence electrons. The molecule has 3 aromatic rings. The van der Waals surface area contributed by atoms with Crippen LogP contribution in [0.1, 0.15) is 21.8 Å². The first kappa shape index (κ1) is 17.0. The van der Waals surface area contributed by atoms with Crippen LogP contribution in [-0.2, 0) is 6.42 Å². The minimum absolute atomic E-state index is 0.210. The molecule has 0 bridgehead atoms. The van der Waals surface area contributed by atoms with Gasteiger partial charge in [0.1, 0.15) is 11.5 Å². The molecule has 0 fully saturated rings. The second-order valence-electron chi connectivity index (χ2n) is 5.51. The first-order valence-corrected chi connectivity index (χ1v) is 8.17. The quantitative estimate of drug-likeness (QED) is 0.703. The Bertz CT molecular complexity index is 844. The Hall–Kier alpha value is -2.86. The molecule has 7 heteroatoms. The van der Waals surface area contributed by atoms with E-state index in [1.807, 2.05) is 31.2 Å². The lowest BCUT2D eigenvalue weighted by Gasteiger charge is -2.06. The molecule has 1 amide bonds. The Morgan fingerprint density at radius 3 is 2.64 bits per heavy atom. The van der Waals surface area contributed by atoms with E-state index in [9.17, 15) is 4.79 Å². The van der Waals surface area contributed by atoms with Gasteiger partial charge >= 0.3 is 0 Å². The third kappa shape index (κ3) is 4.81. The number of carbonyl (C=O) groups is 1. The van der Waals surface area contributed by atoms with E-state index in [4.69, 9.17) is 16.1 Å². The molecule has 0 spiro atoms. The van der Waals surface area contributed by atoms with Crippen molar-refractivity contribution in [2.24, 2.45) is 0 Å². The largest absolute Gasteiger partial charge is 0.360 e. The van der Waals surface area contributed by atoms with Crippen molar-refractivity contribution in [3.05, 3.63) is 70.7 Å². The molecule has 0 saturated carbocycles. The number of pyridine rings is 1. The number of aryl methyl sites for hydroxylation is 1. The van der Waals surface area contributed by atoms with Gasteiger partial charge in [0.05, 0.1) is 11.9 Å². The molecular weight excluding hydrogens is 340 g/mol. The molecule has 25 heavy (non-hydrogen) atoms. The van der Waals surface area contributed by atoms with Crippen LogP contribution in [-0.4, -0.2) is 22.6 Å². The average molecular weight is 357 g/mol. The number of hydrogen-bond donors (Lipinski definition) is 2. The highest BCUT2D eigenvalue weighted by atomic mass is 35.5. The van der Waals surface area contributed by atoms with E-state index in [0.717, 1.165) is 17.7 Å². The highest BCUT2D eigenvalue weighted by Crippen LogP contribution is 2.15. The zero-order valence-electron chi connectivity index (χ0n) is 13.6. The Morgan fingerprint density at radius 2 is 2.00 bits per heavy atom. The summed E-state index contributed by atoms with van der Waals surface area (Å²) < 4.78 is 4.98. The minimum atomic E-state index is -0.210. The van der Waals surface area contributed by atoms with Gasteiger partial charge in [-0.1, -0.05) is 28.9 Å². The van der Waals surface area contributed by atoms with E-state index in [1.165, 1.54) is 0 Å². The smallest absolute Gasteiger partial charge is 0.269 e. The van der Waals surface area contributed by atoms with Crippen molar-refractivity contribution < 1.29 is 9.32 Å². The van der Waals surface area contributed by atoms with E-state index >= 15 is 0 Å². The molecule has 0 aliphatic rings. The predicted octanol–water partition coefficient (Wildman–Crippen LogP) is 3.75. The van der Waals surface area contributed by atoms with Crippen LogP contribution in [0.4, 0.5) is 11.5 Å². The van der Waals surface area contributed by atoms with E-state index in [0.29, 0.717) is 28.8 Å². The maximum absolute atomic E-state index is 12.1. The van der Waals surface area contributed by atoms with E-state index < -0.39 is 0 Å². The highest BCUT2D eigenvalue weighted by molar-refractivity contribution is 6.30. The van der Waals surface area contributed by atoms with Gasteiger partial charge in [-0.2, -0.15) is 0 Å². The highest BCUT2D eigenvalue weighted by Gasteiger charge is 2.07. The number of anilines is 2. The zero-order chi connectivity index (χ0) is 17.6. The summed E-state index contributed by atoms with van der Waals surface area (Å²) in [6, 6.07) is 12.8. The SMILES string of the molecule is Cc1cc(Nc2ccc(C(=O)NCCc3ccc(Cl)cc3)nc2)no1. The third-order valence-electron chi connectivity index (χ3n) is 3.51. The molecule has 2 heterocycles. The van der Waals surface area contributed by atoms with E-state index in [-0.39, 0.29) is 5.91 Å². The van der Waals surface area contributed by atoms with Crippen LogP contribution in [0.15, 0.2) is 53.2 Å². The van der Waals surface area contributed by atoms with Crippen LogP contribution in [0, 0.1) is 6.92 Å². The summed E-state index contributed by atoms with van der Waals surface area (Å²) in [6.45, 7) is 2.34. The zero-order valence-corrected chi connectivity index (χ0v) is 14.4. The summed E-state index contributed by atoms with van der Waals surface area (Å²) in [7, 11) is 0. The van der Waals surface area contributed by atoms with Crippen molar-refractivity contribution in [2.75, 3.05) is 11.9 Å². The molecule has 3 rings (SSSR count). The number of aromatic nitrogens is 2. The second kappa shape index (κ2) is 7.81. The summed E-state index contributed by atoms with van der Waals surface area (Å²) in [6.07, 6.45) is 2.31. The molecule has 0 atom stereocenters. The maximum atomic E-state index is 12.1. The third-order valence-corrected chi connectivity index (χ3v) is 3.76. The van der Waals surface area contributed by atoms with Crippen LogP contribution in [0.25, 0.3) is 0 Å². The number of amides is 1. The Morgan fingerprint density at radius 1 is 1.20 bits per heavy atom. The van der Waals surface area contributed by atoms with Gasteiger partial charge in [-0.15, -0.1) is 0 Å². The minimum Gasteiger partial charge on any atom is -0.360 e. The summed E-state index contributed by atoms with van der Waals surface area (Å²) in [5.74, 6) is 1.10. The first-order chi connectivity index (χ1) is 12.1. The monoisotopic (exact) mass is 356 g/mol. The number of nitrogens with one attached hydrogen (secondary N) is 2. The normalized spacial score (nSPS) is 10.5. The average Bonchev–Trinajstić information content (AvgIpc) is 3.02. The van der Waals surface area contributed by atoms with E-state index in [1.54, 1.807) is 24.4 Å². The molecule has 2 N–H and O–H groups in total. The molecule has 0 radical (unpaired) electrons. The topological polar surface area (TPSA) is 80.0 Å². The molecule has 0 aliphatic heterocycles. The van der Waals surface area contributed by atoms with Gasteiger partial charge in [-0.3, -0.25) is 4.79 Å². The standard InChI is InChI=1S/C18H17ClN4O2/c1-12-10-17(23-25-12)22-15-6-7-16(21-11-15)18(24)20-9-8-13-2-4-14(19)5-3-13/h2-7,10-11H,8-9H2,1H3,(H,20,24)(H,22,23).